The van der Waals surface area contributed by atoms with Crippen molar-refractivity contribution in [3.63, 3.8) is 0 Å². The van der Waals surface area contributed by atoms with Crippen LogP contribution in [0.3, 0.4) is 0 Å². The molecule has 0 spiro atoms. The Morgan fingerprint density at radius 2 is 2.47 bits per heavy atom. The molecule has 1 rings (SSSR count). The largest absolute Gasteiger partial charge is 0.473 e. The SMILES string of the molecule is CCCOc1nc(NN)ncc1[N+](=O)[O-]. The summed E-state index contributed by atoms with van der Waals surface area (Å²) in [6.07, 6.45) is 1.78. The molecule has 0 aliphatic rings. The average molecular weight is 213 g/mol. The van der Waals surface area contributed by atoms with Crippen molar-refractivity contribution in [2.45, 2.75) is 13.3 Å². The molecule has 0 aliphatic carbocycles. The number of nitro groups is 1. The van der Waals surface area contributed by atoms with Gasteiger partial charge in [-0.2, -0.15) is 4.98 Å². The van der Waals surface area contributed by atoms with Crippen molar-refractivity contribution in [1.29, 1.82) is 0 Å². The molecule has 0 unspecified atom stereocenters. The van der Waals surface area contributed by atoms with E-state index in [1.165, 1.54) is 0 Å². The van der Waals surface area contributed by atoms with Gasteiger partial charge in [-0.1, -0.05) is 6.92 Å². The molecule has 0 bridgehead atoms. The summed E-state index contributed by atoms with van der Waals surface area (Å²) >= 11 is 0. The molecule has 0 fully saturated rings. The van der Waals surface area contributed by atoms with Crippen LogP contribution in [0.1, 0.15) is 13.3 Å². The molecule has 0 saturated carbocycles. The molecule has 0 aliphatic heterocycles. The molecule has 0 radical (unpaired) electrons. The predicted molar refractivity (Wildman–Crippen MR) is 52.3 cm³/mol. The molecule has 82 valence electrons. The standard InChI is InChI=1S/C7H11N5O3/c1-2-3-15-6-5(12(13)14)4-9-7(10-6)11-8/h4H,2-3,8H2,1H3,(H,9,10,11). The summed E-state index contributed by atoms with van der Waals surface area (Å²) in [6, 6.07) is 0. The fourth-order valence-electron chi connectivity index (χ4n) is 0.860. The Labute approximate surface area is 85.6 Å². The molecule has 0 amide bonds. The van der Waals surface area contributed by atoms with Crippen LogP contribution in [0.25, 0.3) is 0 Å². The summed E-state index contributed by atoms with van der Waals surface area (Å²) in [6.45, 7) is 2.23. The maximum Gasteiger partial charge on any atom is 0.349 e. The maximum absolute atomic E-state index is 10.6. The average Bonchev–Trinajstić information content (AvgIpc) is 2.25. The lowest BCUT2D eigenvalue weighted by atomic mass is 10.5. The highest BCUT2D eigenvalue weighted by Gasteiger charge is 2.18. The first-order chi connectivity index (χ1) is 7.19. The van der Waals surface area contributed by atoms with Crippen molar-refractivity contribution >= 4 is 11.6 Å². The van der Waals surface area contributed by atoms with E-state index in [9.17, 15) is 10.1 Å². The van der Waals surface area contributed by atoms with Crippen molar-refractivity contribution < 1.29 is 9.66 Å². The highest BCUT2D eigenvalue weighted by molar-refractivity contribution is 5.42. The van der Waals surface area contributed by atoms with E-state index in [4.69, 9.17) is 10.6 Å². The Hall–Kier alpha value is -1.96. The van der Waals surface area contributed by atoms with Crippen molar-refractivity contribution in [2.75, 3.05) is 12.0 Å². The third-order valence-corrected chi connectivity index (χ3v) is 1.50. The van der Waals surface area contributed by atoms with Gasteiger partial charge in [0, 0.05) is 0 Å². The normalized spacial score (nSPS) is 9.73. The van der Waals surface area contributed by atoms with E-state index < -0.39 is 4.92 Å². The van der Waals surface area contributed by atoms with Gasteiger partial charge < -0.3 is 4.74 Å². The lowest BCUT2D eigenvalue weighted by Gasteiger charge is -2.04. The van der Waals surface area contributed by atoms with Crippen LogP contribution < -0.4 is 16.0 Å². The van der Waals surface area contributed by atoms with E-state index >= 15 is 0 Å². The second kappa shape index (κ2) is 5.05. The molecule has 15 heavy (non-hydrogen) atoms. The number of hydrazine groups is 1. The van der Waals surface area contributed by atoms with Crippen LogP contribution in [0.15, 0.2) is 6.20 Å². The Balaban J connectivity index is 2.99. The number of ether oxygens (including phenoxy) is 1. The minimum Gasteiger partial charge on any atom is -0.473 e. The van der Waals surface area contributed by atoms with Gasteiger partial charge in [0.1, 0.15) is 6.20 Å². The summed E-state index contributed by atoms with van der Waals surface area (Å²) in [5.74, 6) is 5.07. The van der Waals surface area contributed by atoms with Crippen LogP contribution in [-0.2, 0) is 0 Å². The highest BCUT2D eigenvalue weighted by atomic mass is 16.6. The van der Waals surface area contributed by atoms with E-state index in [1.54, 1.807) is 0 Å². The van der Waals surface area contributed by atoms with Crippen LogP contribution in [0, 0.1) is 10.1 Å². The molecule has 0 aromatic carbocycles. The number of hydrogen-bond acceptors (Lipinski definition) is 7. The van der Waals surface area contributed by atoms with Crippen LogP contribution in [0.2, 0.25) is 0 Å². The lowest BCUT2D eigenvalue weighted by molar-refractivity contribution is -0.386. The van der Waals surface area contributed by atoms with Gasteiger partial charge in [0.15, 0.2) is 0 Å². The first-order valence-corrected chi connectivity index (χ1v) is 4.30. The van der Waals surface area contributed by atoms with Crippen LogP contribution in [0.5, 0.6) is 5.88 Å². The molecule has 0 atom stereocenters. The van der Waals surface area contributed by atoms with Gasteiger partial charge in [-0.05, 0) is 6.42 Å². The number of rotatable bonds is 5. The zero-order valence-corrected chi connectivity index (χ0v) is 8.14. The Kier molecular flexibility index (Phi) is 3.75. The summed E-state index contributed by atoms with van der Waals surface area (Å²) in [4.78, 5) is 17.3. The van der Waals surface area contributed by atoms with E-state index in [2.05, 4.69) is 15.4 Å². The fraction of sp³-hybridized carbons (Fsp3) is 0.429. The smallest absolute Gasteiger partial charge is 0.349 e. The molecule has 3 N–H and O–H groups in total. The predicted octanol–water partition coefficient (Wildman–Crippen LogP) is 0.459. The van der Waals surface area contributed by atoms with Gasteiger partial charge in [-0.3, -0.25) is 15.5 Å². The number of hydrogen-bond donors (Lipinski definition) is 2. The Bertz CT molecular complexity index is 356. The number of nitrogens with zero attached hydrogens (tertiary/aromatic N) is 3. The molecule has 8 heteroatoms. The molecule has 1 heterocycles. The van der Waals surface area contributed by atoms with Gasteiger partial charge in [0.2, 0.25) is 5.95 Å². The van der Waals surface area contributed by atoms with E-state index in [-0.39, 0.29) is 17.5 Å². The van der Waals surface area contributed by atoms with Gasteiger partial charge in [-0.25, -0.2) is 10.8 Å². The van der Waals surface area contributed by atoms with Gasteiger partial charge >= 0.3 is 5.69 Å². The summed E-state index contributed by atoms with van der Waals surface area (Å²) in [5, 5.41) is 10.6. The minimum absolute atomic E-state index is 0.0757. The zero-order chi connectivity index (χ0) is 11.3. The van der Waals surface area contributed by atoms with E-state index in [1.807, 2.05) is 6.92 Å². The van der Waals surface area contributed by atoms with E-state index in [0.717, 1.165) is 12.6 Å². The molecular formula is C7H11N5O3. The molecule has 0 saturated heterocycles. The number of anilines is 1. The number of nitrogens with two attached hydrogens (primary N) is 1. The minimum atomic E-state index is -0.606. The van der Waals surface area contributed by atoms with Crippen molar-refractivity contribution in [1.82, 2.24) is 9.97 Å². The summed E-state index contributed by atoms with van der Waals surface area (Å²) < 4.78 is 5.10. The third kappa shape index (κ3) is 2.74. The number of nitrogen functional groups attached to an aromatic ring is 1. The molecule has 8 nitrogen and oxygen atoms in total. The van der Waals surface area contributed by atoms with Crippen LogP contribution in [-0.4, -0.2) is 21.5 Å². The third-order valence-electron chi connectivity index (χ3n) is 1.50. The van der Waals surface area contributed by atoms with E-state index in [0.29, 0.717) is 6.61 Å². The lowest BCUT2D eigenvalue weighted by Crippen LogP contribution is -2.12. The van der Waals surface area contributed by atoms with Gasteiger partial charge in [-0.15, -0.1) is 0 Å². The molecular weight excluding hydrogens is 202 g/mol. The summed E-state index contributed by atoms with van der Waals surface area (Å²) in [7, 11) is 0. The maximum atomic E-state index is 10.6. The number of nitrogens with one attached hydrogen (secondary N) is 1. The first-order valence-electron chi connectivity index (χ1n) is 4.30. The Morgan fingerprint density at radius 1 is 1.73 bits per heavy atom. The number of aromatic nitrogens is 2. The zero-order valence-electron chi connectivity index (χ0n) is 8.14. The summed E-state index contributed by atoms with van der Waals surface area (Å²) in [5.41, 5.74) is 1.91. The first kappa shape index (κ1) is 11.1. The topological polar surface area (TPSA) is 116 Å². The highest BCUT2D eigenvalue weighted by Crippen LogP contribution is 2.24. The van der Waals surface area contributed by atoms with Crippen LogP contribution in [0.4, 0.5) is 11.6 Å². The van der Waals surface area contributed by atoms with Crippen LogP contribution >= 0.6 is 0 Å². The molecule has 1 aromatic rings. The second-order valence-corrected chi connectivity index (χ2v) is 2.63. The van der Waals surface area contributed by atoms with Gasteiger partial charge in [0.05, 0.1) is 11.5 Å². The Morgan fingerprint density at radius 3 is 3.00 bits per heavy atom. The molecule has 1 aromatic heterocycles. The van der Waals surface area contributed by atoms with Gasteiger partial charge in [0.25, 0.3) is 5.88 Å². The second-order valence-electron chi connectivity index (χ2n) is 2.63. The fourth-order valence-corrected chi connectivity index (χ4v) is 0.860. The monoisotopic (exact) mass is 213 g/mol. The van der Waals surface area contributed by atoms with Crippen molar-refractivity contribution in [3.05, 3.63) is 16.3 Å². The van der Waals surface area contributed by atoms with Crippen molar-refractivity contribution in [3.8, 4) is 5.88 Å². The van der Waals surface area contributed by atoms with Crippen molar-refractivity contribution in [2.24, 2.45) is 5.84 Å². The quantitative estimate of drug-likeness (QED) is 0.414.